The van der Waals surface area contributed by atoms with Gasteiger partial charge in [0.1, 0.15) is 12.1 Å². The van der Waals surface area contributed by atoms with Crippen LogP contribution in [0.2, 0.25) is 5.02 Å². The van der Waals surface area contributed by atoms with Crippen molar-refractivity contribution in [2.24, 2.45) is 0 Å². The van der Waals surface area contributed by atoms with Gasteiger partial charge in [-0.15, -0.1) is 5.10 Å². The maximum atomic E-state index is 13.4. The van der Waals surface area contributed by atoms with Gasteiger partial charge in [-0.25, -0.2) is 9.67 Å². The maximum absolute atomic E-state index is 13.4. The smallest absolute Gasteiger partial charge is 0.250 e. The number of hydrogen-bond acceptors (Lipinski definition) is 6. The standard InChI is InChI=1S/C22H17ClN6OS/c1-14-9-10-16(23)21-20(14)25-22(31-21)28(12-15-6-4-5-11-24-15)19(30)13-29-18-8-3-2-7-17(18)26-27-29/h2-11H,12-13H2,1H3. The number of nitrogens with zero attached hydrogens (tertiary/aromatic N) is 6. The summed E-state index contributed by atoms with van der Waals surface area (Å²) in [6, 6.07) is 17.0. The molecule has 31 heavy (non-hydrogen) atoms. The fraction of sp³-hybridized carbons (Fsp3) is 0.136. The van der Waals surface area contributed by atoms with Gasteiger partial charge in [-0.05, 0) is 42.8 Å². The zero-order valence-electron chi connectivity index (χ0n) is 16.6. The van der Waals surface area contributed by atoms with E-state index in [1.165, 1.54) is 11.3 Å². The molecule has 0 spiro atoms. The van der Waals surface area contributed by atoms with Crippen molar-refractivity contribution in [3.05, 3.63) is 77.1 Å². The van der Waals surface area contributed by atoms with Crippen LogP contribution in [-0.4, -0.2) is 30.9 Å². The van der Waals surface area contributed by atoms with Gasteiger partial charge in [0.2, 0.25) is 0 Å². The number of amides is 1. The molecule has 0 saturated heterocycles. The molecule has 0 radical (unpaired) electrons. The third-order valence-corrected chi connectivity index (χ3v) is 6.51. The average Bonchev–Trinajstić information content (AvgIpc) is 3.41. The van der Waals surface area contributed by atoms with Gasteiger partial charge in [0.15, 0.2) is 5.13 Å². The van der Waals surface area contributed by atoms with Crippen LogP contribution in [0.15, 0.2) is 60.8 Å². The summed E-state index contributed by atoms with van der Waals surface area (Å²) < 4.78 is 2.47. The number of halogens is 1. The number of pyridine rings is 1. The van der Waals surface area contributed by atoms with Gasteiger partial charge in [-0.2, -0.15) is 0 Å². The van der Waals surface area contributed by atoms with E-state index in [1.807, 2.05) is 61.5 Å². The van der Waals surface area contributed by atoms with Gasteiger partial charge >= 0.3 is 0 Å². The lowest BCUT2D eigenvalue weighted by atomic mass is 10.2. The van der Waals surface area contributed by atoms with Gasteiger partial charge in [0.25, 0.3) is 5.91 Å². The van der Waals surface area contributed by atoms with Crippen LogP contribution in [0, 0.1) is 6.92 Å². The van der Waals surface area contributed by atoms with Crippen molar-refractivity contribution < 1.29 is 4.79 Å². The molecule has 0 N–H and O–H groups in total. The second-order valence-electron chi connectivity index (χ2n) is 7.08. The number of anilines is 1. The first-order valence-electron chi connectivity index (χ1n) is 9.64. The number of aromatic nitrogens is 5. The fourth-order valence-corrected chi connectivity index (χ4v) is 4.70. The summed E-state index contributed by atoms with van der Waals surface area (Å²) in [7, 11) is 0. The molecule has 0 saturated carbocycles. The van der Waals surface area contributed by atoms with E-state index in [0.717, 1.165) is 32.5 Å². The Hall–Kier alpha value is -3.36. The van der Waals surface area contributed by atoms with Gasteiger partial charge in [-0.1, -0.05) is 52.4 Å². The predicted molar refractivity (Wildman–Crippen MR) is 122 cm³/mol. The summed E-state index contributed by atoms with van der Waals surface area (Å²) >= 11 is 7.80. The van der Waals surface area contributed by atoms with Crippen LogP contribution in [0.4, 0.5) is 5.13 Å². The normalized spacial score (nSPS) is 11.3. The summed E-state index contributed by atoms with van der Waals surface area (Å²) in [4.78, 5) is 24.2. The third-order valence-electron chi connectivity index (χ3n) is 4.97. The number of hydrogen-bond donors (Lipinski definition) is 0. The van der Waals surface area contributed by atoms with Gasteiger partial charge in [-0.3, -0.25) is 14.7 Å². The molecule has 0 unspecified atom stereocenters. The molecule has 5 rings (SSSR count). The minimum atomic E-state index is -0.158. The summed E-state index contributed by atoms with van der Waals surface area (Å²) in [5, 5.41) is 9.50. The minimum Gasteiger partial charge on any atom is -0.280 e. The molecule has 154 valence electrons. The highest BCUT2D eigenvalue weighted by atomic mass is 35.5. The van der Waals surface area contributed by atoms with Crippen LogP contribution >= 0.6 is 22.9 Å². The lowest BCUT2D eigenvalue weighted by Gasteiger charge is -2.19. The average molecular weight is 449 g/mol. The van der Waals surface area contributed by atoms with Crippen LogP contribution in [-0.2, 0) is 17.9 Å². The lowest BCUT2D eigenvalue weighted by Crippen LogP contribution is -2.34. The summed E-state index contributed by atoms with van der Waals surface area (Å²) in [6.45, 7) is 2.31. The Kier molecular flexibility index (Phi) is 5.09. The van der Waals surface area contributed by atoms with Crippen molar-refractivity contribution in [3.63, 3.8) is 0 Å². The molecule has 7 nitrogen and oxygen atoms in total. The predicted octanol–water partition coefficient (Wildman–Crippen LogP) is 4.63. The highest BCUT2D eigenvalue weighted by Gasteiger charge is 2.23. The molecule has 0 aliphatic rings. The monoisotopic (exact) mass is 448 g/mol. The van der Waals surface area contributed by atoms with Crippen LogP contribution < -0.4 is 4.90 Å². The Morgan fingerprint density at radius 2 is 1.97 bits per heavy atom. The number of carbonyl (C=O) groups is 1. The van der Waals surface area contributed by atoms with E-state index >= 15 is 0 Å². The van der Waals surface area contributed by atoms with Crippen molar-refractivity contribution in [3.8, 4) is 0 Å². The number of fused-ring (bicyclic) bond motifs is 2. The molecule has 0 fully saturated rings. The van der Waals surface area contributed by atoms with Crippen LogP contribution in [0.5, 0.6) is 0 Å². The largest absolute Gasteiger partial charge is 0.280 e. The first-order chi connectivity index (χ1) is 15.1. The number of aryl methyl sites for hydroxylation is 1. The molecular weight excluding hydrogens is 432 g/mol. The molecule has 3 heterocycles. The van der Waals surface area contributed by atoms with Crippen LogP contribution in [0.25, 0.3) is 21.3 Å². The molecule has 9 heteroatoms. The van der Waals surface area contributed by atoms with Crippen molar-refractivity contribution in [2.75, 3.05) is 4.90 Å². The summed E-state index contributed by atoms with van der Waals surface area (Å²) in [5.41, 5.74) is 4.12. The van der Waals surface area contributed by atoms with Crippen molar-refractivity contribution in [1.82, 2.24) is 25.0 Å². The molecule has 3 aromatic heterocycles. The lowest BCUT2D eigenvalue weighted by molar-refractivity contribution is -0.119. The first-order valence-corrected chi connectivity index (χ1v) is 10.8. The van der Waals surface area contributed by atoms with E-state index in [9.17, 15) is 4.79 Å². The number of para-hydroxylation sites is 1. The second-order valence-corrected chi connectivity index (χ2v) is 8.46. The number of benzene rings is 2. The highest BCUT2D eigenvalue weighted by molar-refractivity contribution is 7.23. The molecule has 1 amide bonds. The Morgan fingerprint density at radius 1 is 1.13 bits per heavy atom. The Labute approximate surface area is 186 Å². The van der Waals surface area contributed by atoms with E-state index in [0.29, 0.717) is 16.7 Å². The second kappa shape index (κ2) is 8.05. The zero-order valence-corrected chi connectivity index (χ0v) is 18.1. The van der Waals surface area contributed by atoms with Gasteiger partial charge < -0.3 is 0 Å². The van der Waals surface area contributed by atoms with Gasteiger partial charge in [0, 0.05) is 6.20 Å². The SMILES string of the molecule is Cc1ccc(Cl)c2sc(N(Cc3ccccn3)C(=O)Cn3nnc4ccccc43)nc12. The molecular formula is C22H17ClN6OS. The van der Waals surface area contributed by atoms with E-state index in [1.54, 1.807) is 15.8 Å². The molecule has 0 atom stereocenters. The topological polar surface area (TPSA) is 76.8 Å². The van der Waals surface area contributed by atoms with Crippen LogP contribution in [0.1, 0.15) is 11.3 Å². The van der Waals surface area contributed by atoms with Crippen molar-refractivity contribution >= 4 is 55.2 Å². The van der Waals surface area contributed by atoms with Crippen molar-refractivity contribution in [1.29, 1.82) is 0 Å². The quantitative estimate of drug-likeness (QED) is 0.391. The van der Waals surface area contributed by atoms with E-state index < -0.39 is 0 Å². The molecule has 5 aromatic rings. The molecule has 0 aliphatic carbocycles. The van der Waals surface area contributed by atoms with Crippen molar-refractivity contribution in [2.45, 2.75) is 20.0 Å². The summed E-state index contributed by atoms with van der Waals surface area (Å²) in [6.07, 6.45) is 1.71. The Balaban J connectivity index is 1.55. The van der Waals surface area contributed by atoms with E-state index in [2.05, 4.69) is 15.3 Å². The van der Waals surface area contributed by atoms with Crippen LogP contribution in [0.3, 0.4) is 0 Å². The highest BCUT2D eigenvalue weighted by Crippen LogP contribution is 2.36. The number of carbonyl (C=O) groups excluding carboxylic acids is 1. The summed E-state index contributed by atoms with van der Waals surface area (Å²) in [5.74, 6) is -0.158. The molecule has 0 bridgehead atoms. The van der Waals surface area contributed by atoms with E-state index in [-0.39, 0.29) is 12.5 Å². The Morgan fingerprint density at radius 3 is 2.77 bits per heavy atom. The van der Waals surface area contributed by atoms with E-state index in [4.69, 9.17) is 16.6 Å². The molecule has 2 aromatic carbocycles. The fourth-order valence-electron chi connectivity index (χ4n) is 3.37. The minimum absolute atomic E-state index is 0.0377. The third kappa shape index (κ3) is 3.75. The number of rotatable bonds is 5. The molecule has 0 aliphatic heterocycles. The van der Waals surface area contributed by atoms with Gasteiger partial charge in [0.05, 0.1) is 33.0 Å². The maximum Gasteiger partial charge on any atom is 0.250 e. The first kappa shape index (κ1) is 19.6. The Bertz CT molecular complexity index is 1360. The number of thiazole rings is 1. The zero-order chi connectivity index (χ0) is 21.4.